The normalized spacial score (nSPS) is 15.2. The van der Waals surface area contributed by atoms with Crippen molar-refractivity contribution in [2.75, 3.05) is 39.3 Å². The summed E-state index contributed by atoms with van der Waals surface area (Å²) in [4.78, 5) is 47.1. The Hall–Kier alpha value is -7.42. The molecule has 6 N–H and O–H groups in total. The van der Waals surface area contributed by atoms with Crippen molar-refractivity contribution in [3.05, 3.63) is 182 Å². The summed E-state index contributed by atoms with van der Waals surface area (Å²) in [6, 6.07) is 20.1. The Morgan fingerprint density at radius 3 is 0.935 bits per heavy atom. The third-order valence-corrected chi connectivity index (χ3v) is 17.4. The number of nitrogens with zero attached hydrogens (tertiary/aromatic N) is 9. The summed E-state index contributed by atoms with van der Waals surface area (Å²) in [5, 5.41) is 9.80. The van der Waals surface area contributed by atoms with E-state index in [1.807, 2.05) is 0 Å². The molecule has 0 radical (unpaired) electrons. The van der Waals surface area contributed by atoms with Crippen LogP contribution in [0.15, 0.2) is 180 Å². The molecule has 398 valence electrons. The van der Waals surface area contributed by atoms with Crippen molar-refractivity contribution in [1.29, 1.82) is 0 Å². The maximum Gasteiger partial charge on any atom is 0.466 e. The number of aromatic nitrogens is 9. The number of pyridine rings is 6. The van der Waals surface area contributed by atoms with Gasteiger partial charge in [-0.05, 0) is 128 Å². The molecule has 77 heavy (non-hydrogen) atoms. The zero-order valence-corrected chi connectivity index (χ0v) is 44.2. The van der Waals surface area contributed by atoms with Crippen LogP contribution in [0, 0.1) is 0 Å². The molecule has 3 aliphatic rings. The molecule has 0 unspecified atom stereocenters. The van der Waals surface area contributed by atoms with Crippen LogP contribution < -0.4 is 16.0 Å². The Balaban J connectivity index is 0.000000135. The van der Waals surface area contributed by atoms with Crippen LogP contribution in [0.3, 0.4) is 0 Å². The first-order valence-corrected chi connectivity index (χ1v) is 29.8. The maximum atomic E-state index is 13.0. The molecule has 12 heterocycles. The van der Waals surface area contributed by atoms with E-state index in [0.29, 0.717) is 33.1 Å². The SMILES string of the molecule is O=P(O)(O)O.O=S(=O)(c1cccnc1)n1cc(C2=CCNCC2)c2ncccc21.O=S(=O)(c1cccnc1)n1cc(C2=CCNCC2)c2ncccc21.O=S(=O)(c1cccnc1)n1cc(C2=CCNCC2)c2ncccc21. The van der Waals surface area contributed by atoms with Crippen LogP contribution in [0.4, 0.5) is 0 Å². The van der Waals surface area contributed by atoms with Crippen molar-refractivity contribution in [2.24, 2.45) is 0 Å². The van der Waals surface area contributed by atoms with Gasteiger partial charge in [0.25, 0.3) is 30.1 Å². The van der Waals surface area contributed by atoms with Gasteiger partial charge in [0.2, 0.25) is 0 Å². The van der Waals surface area contributed by atoms with Gasteiger partial charge >= 0.3 is 7.82 Å². The van der Waals surface area contributed by atoms with Crippen LogP contribution in [0.25, 0.3) is 49.8 Å². The lowest BCUT2D eigenvalue weighted by molar-refractivity contribution is 0.275. The molecular formula is C51H51N12O10PS3. The van der Waals surface area contributed by atoms with Crippen LogP contribution >= 0.6 is 7.82 Å². The van der Waals surface area contributed by atoms with E-state index >= 15 is 0 Å². The summed E-state index contributed by atoms with van der Waals surface area (Å²) in [5.41, 5.74) is 9.85. The molecule has 3 aliphatic heterocycles. The maximum absolute atomic E-state index is 13.0. The lowest BCUT2D eigenvalue weighted by atomic mass is 10.0. The monoisotopic (exact) mass is 1120 g/mol. The van der Waals surface area contributed by atoms with Gasteiger partial charge in [0.05, 0.1) is 33.1 Å². The second-order valence-corrected chi connectivity index (χ2v) is 23.7. The zero-order valence-electron chi connectivity index (χ0n) is 40.8. The highest BCUT2D eigenvalue weighted by Gasteiger charge is 2.27. The molecule has 9 aromatic heterocycles. The van der Waals surface area contributed by atoms with E-state index in [1.165, 1.54) is 30.5 Å². The van der Waals surface area contributed by atoms with E-state index in [1.54, 1.807) is 129 Å². The van der Waals surface area contributed by atoms with Gasteiger partial charge < -0.3 is 30.6 Å². The summed E-state index contributed by atoms with van der Waals surface area (Å²) in [5.74, 6) is 0. The van der Waals surface area contributed by atoms with E-state index < -0.39 is 37.9 Å². The molecule has 26 heteroatoms. The van der Waals surface area contributed by atoms with Crippen LogP contribution in [0.2, 0.25) is 0 Å². The summed E-state index contributed by atoms with van der Waals surface area (Å²) < 4.78 is 90.9. The fourth-order valence-corrected chi connectivity index (χ4v) is 12.8. The molecule has 0 fully saturated rings. The first kappa shape index (κ1) is 54.4. The molecule has 12 rings (SSSR count). The Kier molecular flexibility index (Phi) is 16.6. The van der Waals surface area contributed by atoms with Gasteiger partial charge in [0, 0.05) is 111 Å². The number of rotatable bonds is 9. The van der Waals surface area contributed by atoms with Crippen molar-refractivity contribution in [3.8, 4) is 0 Å². The molecular weight excluding hydrogens is 1070 g/mol. The molecule has 0 amide bonds. The van der Waals surface area contributed by atoms with Crippen molar-refractivity contribution >= 4 is 87.7 Å². The zero-order chi connectivity index (χ0) is 54.2. The second kappa shape index (κ2) is 23.4. The first-order valence-electron chi connectivity index (χ1n) is 23.9. The van der Waals surface area contributed by atoms with Crippen LogP contribution in [0.5, 0.6) is 0 Å². The topological polar surface area (TPSA) is 308 Å². The predicted octanol–water partition coefficient (Wildman–Crippen LogP) is 5.21. The lowest BCUT2D eigenvalue weighted by Crippen LogP contribution is -2.20. The van der Waals surface area contributed by atoms with Gasteiger partial charge in [-0.15, -0.1) is 0 Å². The minimum absolute atomic E-state index is 0.164. The molecule has 9 aromatic rings. The van der Waals surface area contributed by atoms with Gasteiger partial charge in [-0.2, -0.15) is 0 Å². The summed E-state index contributed by atoms with van der Waals surface area (Å²) in [6.07, 6.45) is 27.7. The Labute approximate surface area is 443 Å². The van der Waals surface area contributed by atoms with E-state index in [4.69, 9.17) is 19.2 Å². The minimum atomic E-state index is -4.64. The molecule has 0 atom stereocenters. The van der Waals surface area contributed by atoms with Crippen molar-refractivity contribution in [1.82, 2.24) is 57.8 Å². The van der Waals surface area contributed by atoms with Crippen molar-refractivity contribution in [2.45, 2.75) is 33.9 Å². The molecule has 0 bridgehead atoms. The quantitative estimate of drug-likeness (QED) is 0.101. The van der Waals surface area contributed by atoms with Crippen molar-refractivity contribution < 1.29 is 44.5 Å². The summed E-state index contributed by atoms with van der Waals surface area (Å²) >= 11 is 0. The van der Waals surface area contributed by atoms with Gasteiger partial charge in [-0.3, -0.25) is 29.9 Å². The lowest BCUT2D eigenvalue weighted by Gasteiger charge is -2.12. The van der Waals surface area contributed by atoms with E-state index in [9.17, 15) is 25.3 Å². The third-order valence-electron chi connectivity index (χ3n) is 12.4. The third kappa shape index (κ3) is 12.2. The number of phosphoric acid groups is 1. The molecule has 0 saturated carbocycles. The number of fused-ring (bicyclic) bond motifs is 3. The summed E-state index contributed by atoms with van der Waals surface area (Å²) in [6.45, 7) is 4.97. The van der Waals surface area contributed by atoms with E-state index in [-0.39, 0.29) is 14.7 Å². The highest BCUT2D eigenvalue weighted by molar-refractivity contribution is 7.90. The van der Waals surface area contributed by atoms with Gasteiger partial charge in [-0.1, -0.05) is 18.2 Å². The van der Waals surface area contributed by atoms with Gasteiger partial charge in [0.1, 0.15) is 14.7 Å². The number of hydrogen-bond acceptors (Lipinski definition) is 16. The molecule has 0 aliphatic carbocycles. The second-order valence-electron chi connectivity index (χ2n) is 17.3. The highest BCUT2D eigenvalue weighted by atomic mass is 32.2. The molecule has 0 aromatic carbocycles. The Morgan fingerprint density at radius 2 is 0.701 bits per heavy atom. The van der Waals surface area contributed by atoms with E-state index in [0.717, 1.165) is 91.9 Å². The Morgan fingerprint density at radius 1 is 0.429 bits per heavy atom. The van der Waals surface area contributed by atoms with Crippen LogP contribution in [-0.4, -0.2) is 121 Å². The number of nitrogens with one attached hydrogen (secondary N) is 3. The average Bonchev–Trinajstić information content (AvgIpc) is 4.19. The largest absolute Gasteiger partial charge is 0.466 e. The average molecular weight is 1120 g/mol. The number of hydrogen-bond donors (Lipinski definition) is 6. The fourth-order valence-electron chi connectivity index (χ4n) is 8.83. The Bertz CT molecular complexity index is 3660. The van der Waals surface area contributed by atoms with Gasteiger partial charge in [-0.25, -0.2) is 41.7 Å². The van der Waals surface area contributed by atoms with Crippen LogP contribution in [0.1, 0.15) is 36.0 Å². The molecule has 0 saturated heterocycles. The van der Waals surface area contributed by atoms with Gasteiger partial charge in [0.15, 0.2) is 0 Å². The smallest absolute Gasteiger partial charge is 0.313 e. The van der Waals surface area contributed by atoms with Crippen LogP contribution in [-0.2, 0) is 34.6 Å². The first-order chi connectivity index (χ1) is 37.0. The predicted molar refractivity (Wildman–Crippen MR) is 290 cm³/mol. The fraction of sp³-hybridized carbons (Fsp3) is 0.176. The van der Waals surface area contributed by atoms with Crippen molar-refractivity contribution in [3.63, 3.8) is 0 Å². The summed E-state index contributed by atoms with van der Waals surface area (Å²) in [7, 11) is -15.8. The molecule has 0 spiro atoms. The highest BCUT2D eigenvalue weighted by Crippen LogP contribution is 2.34. The standard InChI is InChI=1S/3C17H16N4O2S.H3O4P/c3*22-24(23,14-3-1-7-19-11-14)21-12-15(13-5-9-18-10-6-13)17-16(21)4-2-8-20-17;1-5(2,3)4/h3*1-5,7-8,11-12,18H,6,9-10H2;(H3,1,2,3,4). The molecule has 22 nitrogen and oxygen atoms in total. The minimum Gasteiger partial charge on any atom is -0.313 e. The van der Waals surface area contributed by atoms with E-state index in [2.05, 4.69) is 64.1 Å².